The predicted molar refractivity (Wildman–Crippen MR) is 123 cm³/mol. The van der Waals surface area contributed by atoms with Crippen LogP contribution in [0.5, 0.6) is 0 Å². The van der Waals surface area contributed by atoms with Gasteiger partial charge in [0.05, 0.1) is 0 Å². The van der Waals surface area contributed by atoms with Crippen molar-refractivity contribution in [2.75, 3.05) is 0 Å². The zero-order chi connectivity index (χ0) is 21.0. The van der Waals surface area contributed by atoms with Crippen molar-refractivity contribution in [3.05, 3.63) is 0 Å². The lowest BCUT2D eigenvalue weighted by atomic mass is 9.44. The van der Waals surface area contributed by atoms with E-state index in [9.17, 15) is 4.79 Å². The summed E-state index contributed by atoms with van der Waals surface area (Å²) in [6, 6.07) is 0. The molecule has 0 bridgehead atoms. The number of fused-ring (bicyclic) bond motifs is 5. The summed E-state index contributed by atoms with van der Waals surface area (Å²) >= 11 is 0. The molecule has 1 nitrogen and oxygen atoms in total. The number of Topliss-reactive ketones (excluding diaryl/α,β-unsaturated/α-hetero) is 1. The van der Waals surface area contributed by atoms with Crippen molar-refractivity contribution < 1.29 is 4.79 Å². The minimum Gasteiger partial charge on any atom is -0.300 e. The van der Waals surface area contributed by atoms with E-state index < -0.39 is 0 Å². The molecule has 4 aliphatic carbocycles. The molecule has 0 spiro atoms. The summed E-state index contributed by atoms with van der Waals surface area (Å²) in [7, 11) is 0. The number of rotatable bonds is 5. The third-order valence-electron chi connectivity index (χ3n) is 11.5. The van der Waals surface area contributed by atoms with Crippen LogP contribution in [-0.4, -0.2) is 5.78 Å². The minimum absolute atomic E-state index is 0.467. The Morgan fingerprint density at radius 3 is 2.31 bits per heavy atom. The van der Waals surface area contributed by atoms with Gasteiger partial charge in [0.15, 0.2) is 0 Å². The monoisotopic (exact) mass is 400 g/mol. The van der Waals surface area contributed by atoms with Gasteiger partial charge in [-0.05, 0) is 103 Å². The molecule has 4 fully saturated rings. The Morgan fingerprint density at radius 1 is 0.862 bits per heavy atom. The fourth-order valence-corrected chi connectivity index (χ4v) is 9.08. The molecule has 4 rings (SSSR count). The van der Waals surface area contributed by atoms with Crippen LogP contribution in [-0.2, 0) is 4.79 Å². The molecule has 0 saturated heterocycles. The molecule has 6 unspecified atom stereocenters. The Morgan fingerprint density at radius 2 is 1.59 bits per heavy atom. The lowest BCUT2D eigenvalue weighted by molar-refractivity contribution is -0.140. The van der Waals surface area contributed by atoms with Gasteiger partial charge in [-0.15, -0.1) is 0 Å². The molecule has 0 amide bonds. The highest BCUT2D eigenvalue weighted by atomic mass is 16.1. The molecule has 0 aliphatic heterocycles. The Kier molecular flexibility index (Phi) is 6.02. The predicted octanol–water partition coefficient (Wildman–Crippen LogP) is 7.92. The summed E-state index contributed by atoms with van der Waals surface area (Å²) in [4.78, 5) is 12.1. The molecular weight excluding hydrogens is 352 g/mol. The first-order valence-corrected chi connectivity index (χ1v) is 13.2. The van der Waals surface area contributed by atoms with Crippen LogP contribution in [0.2, 0.25) is 0 Å². The SMILES string of the molecule is CC(C)[C@@H](C)CC[C@@H](C)C1CCC2C3CC[C@H]4CC(=O)CCC4(C)C3CCC21C. The van der Waals surface area contributed by atoms with Crippen LogP contribution >= 0.6 is 0 Å². The van der Waals surface area contributed by atoms with Crippen LogP contribution in [0.3, 0.4) is 0 Å². The van der Waals surface area contributed by atoms with E-state index in [1.54, 1.807) is 0 Å². The number of carbonyl (C=O) groups excluding carboxylic acids is 1. The molecule has 29 heavy (non-hydrogen) atoms. The van der Waals surface area contributed by atoms with Crippen LogP contribution in [0.15, 0.2) is 0 Å². The second-order valence-electron chi connectivity index (χ2n) is 12.9. The van der Waals surface area contributed by atoms with Crippen molar-refractivity contribution in [1.82, 2.24) is 0 Å². The van der Waals surface area contributed by atoms with Gasteiger partial charge in [0, 0.05) is 12.8 Å². The number of carbonyl (C=O) groups is 1. The van der Waals surface area contributed by atoms with Crippen molar-refractivity contribution >= 4 is 5.78 Å². The zero-order valence-electron chi connectivity index (χ0n) is 20.3. The quantitative estimate of drug-likeness (QED) is 0.458. The molecule has 166 valence electrons. The number of hydrogen-bond acceptors (Lipinski definition) is 1. The number of hydrogen-bond donors (Lipinski definition) is 0. The highest BCUT2D eigenvalue weighted by Crippen LogP contribution is 2.68. The van der Waals surface area contributed by atoms with E-state index in [0.717, 1.165) is 54.3 Å². The summed E-state index contributed by atoms with van der Waals surface area (Å²) in [6.45, 7) is 15.1. The second kappa shape index (κ2) is 7.98. The normalized spacial score (nSPS) is 46.7. The van der Waals surface area contributed by atoms with Crippen molar-refractivity contribution in [2.24, 2.45) is 58.2 Å². The lowest BCUT2D eigenvalue weighted by Crippen LogP contribution is -2.53. The highest BCUT2D eigenvalue weighted by Gasteiger charge is 2.60. The summed E-state index contributed by atoms with van der Waals surface area (Å²) in [5, 5.41) is 0. The molecule has 1 heteroatoms. The van der Waals surface area contributed by atoms with Gasteiger partial charge in [-0.3, -0.25) is 4.79 Å². The van der Waals surface area contributed by atoms with Crippen LogP contribution in [0.1, 0.15) is 112 Å². The van der Waals surface area contributed by atoms with Crippen LogP contribution < -0.4 is 0 Å². The van der Waals surface area contributed by atoms with E-state index in [4.69, 9.17) is 0 Å². The van der Waals surface area contributed by atoms with Crippen molar-refractivity contribution in [1.29, 1.82) is 0 Å². The van der Waals surface area contributed by atoms with E-state index in [-0.39, 0.29) is 0 Å². The first-order valence-electron chi connectivity index (χ1n) is 13.2. The van der Waals surface area contributed by atoms with Gasteiger partial charge in [0.1, 0.15) is 5.78 Å². The smallest absolute Gasteiger partial charge is 0.133 e. The van der Waals surface area contributed by atoms with Crippen molar-refractivity contribution in [2.45, 2.75) is 112 Å². The molecule has 4 aliphatic rings. The van der Waals surface area contributed by atoms with Gasteiger partial charge in [0.25, 0.3) is 0 Å². The van der Waals surface area contributed by atoms with Gasteiger partial charge in [-0.1, -0.05) is 54.4 Å². The molecular formula is C28H48O. The van der Waals surface area contributed by atoms with Crippen molar-refractivity contribution in [3.63, 3.8) is 0 Å². The summed E-state index contributed by atoms with van der Waals surface area (Å²) < 4.78 is 0. The minimum atomic E-state index is 0.467. The molecule has 4 saturated carbocycles. The summed E-state index contributed by atoms with van der Waals surface area (Å²) in [5.74, 6) is 7.60. The number of ketones is 1. The molecule has 0 radical (unpaired) electrons. The van der Waals surface area contributed by atoms with Crippen molar-refractivity contribution in [3.8, 4) is 0 Å². The lowest BCUT2D eigenvalue weighted by Gasteiger charge is -2.60. The van der Waals surface area contributed by atoms with Gasteiger partial charge >= 0.3 is 0 Å². The van der Waals surface area contributed by atoms with E-state index in [1.165, 1.54) is 57.8 Å². The Balaban J connectivity index is 1.46. The van der Waals surface area contributed by atoms with E-state index in [2.05, 4.69) is 41.5 Å². The first kappa shape index (κ1) is 21.9. The fraction of sp³-hybridized carbons (Fsp3) is 0.964. The molecule has 0 N–H and O–H groups in total. The largest absolute Gasteiger partial charge is 0.300 e. The maximum atomic E-state index is 12.1. The average molecular weight is 401 g/mol. The maximum absolute atomic E-state index is 12.1. The van der Waals surface area contributed by atoms with E-state index in [0.29, 0.717) is 22.5 Å². The highest BCUT2D eigenvalue weighted by molar-refractivity contribution is 5.79. The zero-order valence-corrected chi connectivity index (χ0v) is 20.3. The third-order valence-corrected chi connectivity index (χ3v) is 11.5. The van der Waals surface area contributed by atoms with Crippen LogP contribution in [0.4, 0.5) is 0 Å². The molecule has 9 atom stereocenters. The van der Waals surface area contributed by atoms with Gasteiger partial charge in [0.2, 0.25) is 0 Å². The molecule has 0 aromatic rings. The van der Waals surface area contributed by atoms with Crippen LogP contribution in [0, 0.1) is 58.2 Å². The topological polar surface area (TPSA) is 17.1 Å². The first-order chi connectivity index (χ1) is 13.7. The summed E-state index contributed by atoms with van der Waals surface area (Å²) in [6.07, 6.45) is 14.4. The maximum Gasteiger partial charge on any atom is 0.133 e. The standard InChI is InChI=1S/C28H48O/c1-18(2)19(3)7-8-20(4)24-11-12-25-23-10-9-21-17-22(29)13-15-27(21,5)26(23)14-16-28(24,25)6/h18-21,23-26H,7-17H2,1-6H3/t19-,20+,21-,23?,24?,25?,26?,27?,28?/m0/s1. The second-order valence-corrected chi connectivity index (χ2v) is 12.9. The van der Waals surface area contributed by atoms with E-state index >= 15 is 0 Å². The average Bonchev–Trinajstić information content (AvgIpc) is 3.03. The molecule has 0 aromatic heterocycles. The molecule has 0 heterocycles. The van der Waals surface area contributed by atoms with Gasteiger partial charge < -0.3 is 0 Å². The Hall–Kier alpha value is -0.330. The summed E-state index contributed by atoms with van der Waals surface area (Å²) in [5.41, 5.74) is 1.06. The van der Waals surface area contributed by atoms with Gasteiger partial charge in [-0.2, -0.15) is 0 Å². The Bertz CT molecular complexity index is 607. The Labute approximate surface area is 181 Å². The van der Waals surface area contributed by atoms with Gasteiger partial charge in [-0.25, -0.2) is 0 Å². The third kappa shape index (κ3) is 3.65. The van der Waals surface area contributed by atoms with E-state index in [1.807, 2.05) is 0 Å². The fourth-order valence-electron chi connectivity index (χ4n) is 9.08. The molecule has 0 aromatic carbocycles. The van der Waals surface area contributed by atoms with Crippen LogP contribution in [0.25, 0.3) is 0 Å².